The summed E-state index contributed by atoms with van der Waals surface area (Å²) in [7, 11) is -3.47. The molecule has 140 valence electrons. The van der Waals surface area contributed by atoms with Crippen LogP contribution in [-0.2, 0) is 9.84 Å². The molecule has 2 N–H and O–H groups in total. The summed E-state index contributed by atoms with van der Waals surface area (Å²) >= 11 is 0. The predicted molar refractivity (Wildman–Crippen MR) is 101 cm³/mol. The minimum absolute atomic E-state index is 0.00878. The minimum Gasteiger partial charge on any atom is -0.385 e. The fraction of sp³-hybridized carbons (Fsp3) is 0.316. The van der Waals surface area contributed by atoms with Crippen LogP contribution in [0.5, 0.6) is 0 Å². The standard InChI is InChI=1S/C19H23FN2O3S/c1-2-13-26(24,25)18-10-4-3-9-17(18)19(23)22-12-6-11-21-16-8-5-7-15(20)14-16/h3-5,7-10,14,21H,2,6,11-13H2,1H3,(H,22,23). The van der Waals surface area contributed by atoms with Crippen LogP contribution in [0, 0.1) is 5.82 Å². The molecule has 7 heteroatoms. The van der Waals surface area contributed by atoms with Crippen molar-refractivity contribution in [3.05, 3.63) is 59.9 Å². The Morgan fingerprint density at radius 1 is 1.08 bits per heavy atom. The molecule has 0 fully saturated rings. The monoisotopic (exact) mass is 378 g/mol. The Hall–Kier alpha value is -2.41. The molecule has 26 heavy (non-hydrogen) atoms. The Morgan fingerprint density at radius 3 is 2.58 bits per heavy atom. The average molecular weight is 378 g/mol. The number of sulfone groups is 1. The highest BCUT2D eigenvalue weighted by Gasteiger charge is 2.21. The Morgan fingerprint density at radius 2 is 1.85 bits per heavy atom. The van der Waals surface area contributed by atoms with E-state index in [0.29, 0.717) is 31.6 Å². The Labute approximate surface area is 153 Å². The van der Waals surface area contributed by atoms with Gasteiger partial charge in [-0.05, 0) is 43.2 Å². The van der Waals surface area contributed by atoms with Gasteiger partial charge < -0.3 is 10.6 Å². The number of anilines is 1. The first-order chi connectivity index (χ1) is 12.4. The van der Waals surface area contributed by atoms with Crippen molar-refractivity contribution in [3.63, 3.8) is 0 Å². The highest BCUT2D eigenvalue weighted by molar-refractivity contribution is 7.91. The van der Waals surface area contributed by atoms with Crippen LogP contribution in [-0.4, -0.2) is 33.2 Å². The second-order valence-electron chi connectivity index (χ2n) is 5.86. The van der Waals surface area contributed by atoms with E-state index in [-0.39, 0.29) is 22.0 Å². The second kappa shape index (κ2) is 9.33. The summed E-state index contributed by atoms with van der Waals surface area (Å²) in [6.07, 6.45) is 1.11. The Balaban J connectivity index is 1.89. The molecule has 0 heterocycles. The van der Waals surface area contributed by atoms with Crippen molar-refractivity contribution in [3.8, 4) is 0 Å². The molecule has 0 aliphatic rings. The molecule has 0 radical (unpaired) electrons. The molecule has 2 aromatic carbocycles. The first-order valence-electron chi connectivity index (χ1n) is 8.53. The number of hydrogen-bond acceptors (Lipinski definition) is 4. The third-order valence-corrected chi connectivity index (χ3v) is 5.70. The molecular weight excluding hydrogens is 355 g/mol. The van der Waals surface area contributed by atoms with E-state index in [1.54, 1.807) is 31.2 Å². The maximum atomic E-state index is 13.1. The third-order valence-electron chi connectivity index (χ3n) is 3.73. The van der Waals surface area contributed by atoms with Gasteiger partial charge in [0.2, 0.25) is 0 Å². The van der Waals surface area contributed by atoms with Crippen LogP contribution in [0.15, 0.2) is 53.4 Å². The first-order valence-corrected chi connectivity index (χ1v) is 10.2. The summed E-state index contributed by atoms with van der Waals surface area (Å²) < 4.78 is 37.7. The number of amides is 1. The van der Waals surface area contributed by atoms with Crippen LogP contribution in [0.25, 0.3) is 0 Å². The number of hydrogen-bond donors (Lipinski definition) is 2. The van der Waals surface area contributed by atoms with E-state index in [4.69, 9.17) is 0 Å². The molecule has 1 amide bonds. The lowest BCUT2D eigenvalue weighted by Gasteiger charge is -2.11. The van der Waals surface area contributed by atoms with Crippen molar-refractivity contribution in [2.75, 3.05) is 24.2 Å². The third kappa shape index (κ3) is 5.56. The highest BCUT2D eigenvalue weighted by atomic mass is 32.2. The molecule has 0 spiro atoms. The molecule has 0 bridgehead atoms. The minimum atomic E-state index is -3.47. The normalized spacial score (nSPS) is 11.2. The lowest BCUT2D eigenvalue weighted by atomic mass is 10.2. The number of carbonyl (C=O) groups excluding carboxylic acids is 1. The van der Waals surface area contributed by atoms with Crippen LogP contribution >= 0.6 is 0 Å². The molecule has 0 atom stereocenters. The molecule has 0 saturated heterocycles. The van der Waals surface area contributed by atoms with E-state index in [9.17, 15) is 17.6 Å². The molecule has 2 rings (SSSR count). The van der Waals surface area contributed by atoms with Gasteiger partial charge >= 0.3 is 0 Å². The van der Waals surface area contributed by atoms with Gasteiger partial charge in [0.25, 0.3) is 5.91 Å². The van der Waals surface area contributed by atoms with Crippen LogP contribution in [0.4, 0.5) is 10.1 Å². The topological polar surface area (TPSA) is 75.3 Å². The van der Waals surface area contributed by atoms with Crippen LogP contribution in [0.1, 0.15) is 30.1 Å². The van der Waals surface area contributed by atoms with Crippen LogP contribution in [0.3, 0.4) is 0 Å². The SMILES string of the molecule is CCCS(=O)(=O)c1ccccc1C(=O)NCCCNc1cccc(F)c1. The fourth-order valence-corrected chi connectivity index (χ4v) is 4.06. The van der Waals surface area contributed by atoms with Gasteiger partial charge in [-0.3, -0.25) is 4.79 Å². The summed E-state index contributed by atoms with van der Waals surface area (Å²) in [5.74, 6) is -0.714. The van der Waals surface area contributed by atoms with E-state index >= 15 is 0 Å². The van der Waals surface area contributed by atoms with Crippen LogP contribution in [0.2, 0.25) is 0 Å². The zero-order chi connectivity index (χ0) is 19.0. The fourth-order valence-electron chi connectivity index (χ4n) is 2.52. The van der Waals surface area contributed by atoms with Crippen molar-refractivity contribution in [1.29, 1.82) is 0 Å². The summed E-state index contributed by atoms with van der Waals surface area (Å²) in [5, 5.41) is 5.80. The van der Waals surface area contributed by atoms with E-state index in [1.165, 1.54) is 24.3 Å². The van der Waals surface area contributed by atoms with Gasteiger partial charge in [0.1, 0.15) is 5.82 Å². The van der Waals surface area contributed by atoms with E-state index < -0.39 is 15.7 Å². The number of rotatable bonds is 9. The van der Waals surface area contributed by atoms with Gasteiger partial charge in [-0.1, -0.05) is 25.1 Å². The van der Waals surface area contributed by atoms with Crippen molar-refractivity contribution < 1.29 is 17.6 Å². The molecule has 0 aliphatic carbocycles. The average Bonchev–Trinajstić information content (AvgIpc) is 2.61. The number of halogens is 1. The van der Waals surface area contributed by atoms with Gasteiger partial charge in [0.05, 0.1) is 16.2 Å². The lowest BCUT2D eigenvalue weighted by molar-refractivity contribution is 0.0950. The smallest absolute Gasteiger partial charge is 0.252 e. The summed E-state index contributed by atoms with van der Waals surface area (Å²) in [6, 6.07) is 12.4. The zero-order valence-electron chi connectivity index (χ0n) is 14.7. The molecular formula is C19H23FN2O3S. The second-order valence-corrected chi connectivity index (χ2v) is 7.94. The van der Waals surface area contributed by atoms with Crippen molar-refractivity contribution >= 4 is 21.4 Å². The number of nitrogens with one attached hydrogen (secondary N) is 2. The van der Waals surface area contributed by atoms with Crippen molar-refractivity contribution in [2.45, 2.75) is 24.7 Å². The van der Waals surface area contributed by atoms with E-state index in [1.807, 2.05) is 0 Å². The van der Waals surface area contributed by atoms with Crippen molar-refractivity contribution in [2.24, 2.45) is 0 Å². The summed E-state index contributed by atoms with van der Waals surface area (Å²) in [4.78, 5) is 12.4. The van der Waals surface area contributed by atoms with Gasteiger partial charge in [0, 0.05) is 18.8 Å². The maximum absolute atomic E-state index is 13.1. The highest BCUT2D eigenvalue weighted by Crippen LogP contribution is 2.17. The molecule has 0 aromatic heterocycles. The Bertz CT molecular complexity index is 853. The van der Waals surface area contributed by atoms with Crippen LogP contribution < -0.4 is 10.6 Å². The van der Waals surface area contributed by atoms with E-state index in [0.717, 1.165) is 0 Å². The molecule has 0 saturated carbocycles. The molecule has 0 unspecified atom stereocenters. The summed E-state index contributed by atoms with van der Waals surface area (Å²) in [5.41, 5.74) is 0.839. The first kappa shape index (κ1) is 19.9. The van der Waals surface area contributed by atoms with E-state index in [2.05, 4.69) is 10.6 Å². The quantitative estimate of drug-likeness (QED) is 0.657. The lowest BCUT2D eigenvalue weighted by Crippen LogP contribution is -2.27. The van der Waals surface area contributed by atoms with Gasteiger partial charge in [-0.15, -0.1) is 0 Å². The maximum Gasteiger partial charge on any atom is 0.252 e. The zero-order valence-corrected chi connectivity index (χ0v) is 15.5. The Kier molecular flexibility index (Phi) is 7.15. The van der Waals surface area contributed by atoms with Gasteiger partial charge in [0.15, 0.2) is 9.84 Å². The predicted octanol–water partition coefficient (Wildman–Crippen LogP) is 3.24. The van der Waals surface area contributed by atoms with Crippen molar-refractivity contribution in [1.82, 2.24) is 5.32 Å². The van der Waals surface area contributed by atoms with Gasteiger partial charge in [-0.25, -0.2) is 12.8 Å². The number of carbonyl (C=O) groups is 1. The number of benzene rings is 2. The summed E-state index contributed by atoms with van der Waals surface area (Å²) in [6.45, 7) is 2.72. The molecule has 5 nitrogen and oxygen atoms in total. The molecule has 2 aromatic rings. The largest absolute Gasteiger partial charge is 0.385 e. The van der Waals surface area contributed by atoms with Gasteiger partial charge in [-0.2, -0.15) is 0 Å². The molecule has 0 aliphatic heterocycles.